The fourth-order valence-electron chi connectivity index (χ4n) is 2.84. The van der Waals surface area contributed by atoms with Crippen LogP contribution < -0.4 is 0 Å². The lowest BCUT2D eigenvalue weighted by atomic mass is 9.90. The van der Waals surface area contributed by atoms with E-state index in [9.17, 15) is 0 Å². The summed E-state index contributed by atoms with van der Waals surface area (Å²) < 4.78 is 0. The van der Waals surface area contributed by atoms with E-state index in [-0.39, 0.29) is 6.61 Å². The van der Waals surface area contributed by atoms with Gasteiger partial charge in [-0.2, -0.15) is 0 Å². The highest BCUT2D eigenvalue weighted by molar-refractivity contribution is 5.79. The number of hydrogen-bond acceptors (Lipinski definition) is 2. The van der Waals surface area contributed by atoms with Crippen LogP contribution in [0.1, 0.15) is 17.5 Å². The summed E-state index contributed by atoms with van der Waals surface area (Å²) in [6, 6.07) is 8.60. The summed E-state index contributed by atoms with van der Waals surface area (Å²) in [6.07, 6.45) is 6.37. The van der Waals surface area contributed by atoms with Gasteiger partial charge in [-0.05, 0) is 29.5 Å². The number of rotatable bonds is 3. The summed E-state index contributed by atoms with van der Waals surface area (Å²) in [6.45, 7) is 1.18. The van der Waals surface area contributed by atoms with Crippen molar-refractivity contribution in [3.05, 3.63) is 41.5 Å². The van der Waals surface area contributed by atoms with E-state index in [4.69, 9.17) is 5.11 Å². The summed E-state index contributed by atoms with van der Waals surface area (Å²) in [5.74, 6) is 1.25. The number of fused-ring (bicyclic) bond motifs is 1. The van der Waals surface area contributed by atoms with Gasteiger partial charge in [-0.3, -0.25) is 4.99 Å². The minimum atomic E-state index is 0.223. The molecular weight excluding hydrogens is 210 g/mol. The van der Waals surface area contributed by atoms with Crippen LogP contribution in [0.15, 0.2) is 35.3 Å². The van der Waals surface area contributed by atoms with Crippen molar-refractivity contribution in [1.29, 1.82) is 0 Å². The van der Waals surface area contributed by atoms with Gasteiger partial charge in [0, 0.05) is 31.2 Å². The molecule has 0 aromatic heterocycles. The summed E-state index contributed by atoms with van der Waals surface area (Å²) in [7, 11) is 0. The van der Waals surface area contributed by atoms with Crippen molar-refractivity contribution in [2.75, 3.05) is 13.2 Å². The number of aliphatic imine (C=N–C) groups is 1. The molecule has 0 fully saturated rings. The second kappa shape index (κ2) is 4.46. The van der Waals surface area contributed by atoms with Gasteiger partial charge >= 0.3 is 0 Å². The maximum Gasteiger partial charge on any atom is 0.0471 e. The number of benzene rings is 1. The first kappa shape index (κ1) is 10.7. The third kappa shape index (κ3) is 1.93. The molecule has 0 radical (unpaired) electrons. The standard InChI is InChI=1S/C15H17NO/c17-8-7-11-1-3-12(4-2-11)14-6-5-13-9-16-10-15(13)14/h1-4,6,9,13,15,17H,5,7-8,10H2/t13-,15+/m1/s1. The van der Waals surface area contributed by atoms with Crippen molar-refractivity contribution < 1.29 is 5.11 Å². The molecule has 1 N–H and O–H groups in total. The number of allylic oxidation sites excluding steroid dienone is 1. The molecule has 0 saturated heterocycles. The third-order valence-electron chi connectivity index (χ3n) is 3.81. The molecule has 0 bridgehead atoms. The number of aliphatic hydroxyl groups excluding tert-OH is 1. The predicted octanol–water partition coefficient (Wildman–Crippen LogP) is 2.33. The molecule has 0 amide bonds. The zero-order valence-corrected chi connectivity index (χ0v) is 9.84. The van der Waals surface area contributed by atoms with Gasteiger partial charge in [-0.15, -0.1) is 0 Å². The molecule has 2 atom stereocenters. The van der Waals surface area contributed by atoms with Crippen molar-refractivity contribution in [3.63, 3.8) is 0 Å². The Hall–Kier alpha value is -1.41. The van der Waals surface area contributed by atoms with E-state index in [0.717, 1.165) is 19.4 Å². The zero-order valence-electron chi connectivity index (χ0n) is 9.84. The van der Waals surface area contributed by atoms with Gasteiger partial charge in [0.1, 0.15) is 0 Å². The minimum Gasteiger partial charge on any atom is -0.396 e. The fourth-order valence-corrected chi connectivity index (χ4v) is 2.84. The van der Waals surface area contributed by atoms with Crippen molar-refractivity contribution in [2.45, 2.75) is 12.8 Å². The summed E-state index contributed by atoms with van der Waals surface area (Å²) in [5.41, 5.74) is 3.99. The van der Waals surface area contributed by atoms with Crippen LogP contribution in [0, 0.1) is 11.8 Å². The molecule has 1 aromatic rings. The Balaban J connectivity index is 1.80. The average molecular weight is 227 g/mol. The normalized spacial score (nSPS) is 26.1. The molecule has 0 unspecified atom stereocenters. The summed E-state index contributed by atoms with van der Waals surface area (Å²) >= 11 is 0. The molecule has 17 heavy (non-hydrogen) atoms. The molecule has 0 saturated carbocycles. The first-order chi connectivity index (χ1) is 8.38. The van der Waals surface area contributed by atoms with Crippen molar-refractivity contribution >= 4 is 11.8 Å². The molecule has 1 aliphatic heterocycles. The number of aliphatic hydroxyl groups is 1. The lowest BCUT2D eigenvalue weighted by Crippen LogP contribution is -2.08. The van der Waals surface area contributed by atoms with Crippen LogP contribution in [-0.2, 0) is 6.42 Å². The molecule has 1 aromatic carbocycles. The van der Waals surface area contributed by atoms with E-state index in [1.54, 1.807) is 0 Å². The van der Waals surface area contributed by atoms with E-state index >= 15 is 0 Å². The van der Waals surface area contributed by atoms with E-state index in [1.165, 1.54) is 16.7 Å². The highest BCUT2D eigenvalue weighted by Gasteiger charge is 2.31. The third-order valence-corrected chi connectivity index (χ3v) is 3.81. The molecule has 2 nitrogen and oxygen atoms in total. The topological polar surface area (TPSA) is 32.6 Å². The quantitative estimate of drug-likeness (QED) is 0.844. The average Bonchev–Trinajstić information content (AvgIpc) is 2.93. The van der Waals surface area contributed by atoms with Gasteiger partial charge in [0.05, 0.1) is 0 Å². The molecule has 0 spiro atoms. The van der Waals surface area contributed by atoms with Crippen LogP contribution in [0.2, 0.25) is 0 Å². The Morgan fingerprint density at radius 1 is 1.24 bits per heavy atom. The molecular formula is C15H17NO. The highest BCUT2D eigenvalue weighted by Crippen LogP contribution is 2.40. The first-order valence-electron chi connectivity index (χ1n) is 6.28. The SMILES string of the molecule is OCCc1ccc(C2=CC[C@@H]3C=NC[C@H]23)cc1. The number of nitrogens with zero attached hydrogens (tertiary/aromatic N) is 1. The molecule has 1 aliphatic carbocycles. The van der Waals surface area contributed by atoms with Crippen LogP contribution in [0.3, 0.4) is 0 Å². The Morgan fingerprint density at radius 3 is 2.82 bits per heavy atom. The Bertz CT molecular complexity index is 458. The molecule has 2 aliphatic rings. The van der Waals surface area contributed by atoms with Crippen LogP contribution in [-0.4, -0.2) is 24.5 Å². The van der Waals surface area contributed by atoms with Crippen molar-refractivity contribution in [3.8, 4) is 0 Å². The van der Waals surface area contributed by atoms with Crippen LogP contribution >= 0.6 is 0 Å². The molecule has 88 valence electrons. The van der Waals surface area contributed by atoms with E-state index < -0.39 is 0 Å². The van der Waals surface area contributed by atoms with Gasteiger partial charge in [-0.25, -0.2) is 0 Å². The van der Waals surface area contributed by atoms with Crippen molar-refractivity contribution in [1.82, 2.24) is 0 Å². The highest BCUT2D eigenvalue weighted by atomic mass is 16.2. The molecule has 2 heteroatoms. The monoisotopic (exact) mass is 227 g/mol. The van der Waals surface area contributed by atoms with Crippen LogP contribution in [0.5, 0.6) is 0 Å². The minimum absolute atomic E-state index is 0.223. The lowest BCUT2D eigenvalue weighted by Gasteiger charge is -2.13. The Morgan fingerprint density at radius 2 is 2.06 bits per heavy atom. The van der Waals surface area contributed by atoms with Gasteiger partial charge in [-0.1, -0.05) is 30.3 Å². The van der Waals surface area contributed by atoms with E-state index in [0.29, 0.717) is 11.8 Å². The predicted molar refractivity (Wildman–Crippen MR) is 70.2 cm³/mol. The van der Waals surface area contributed by atoms with Gasteiger partial charge in [0.15, 0.2) is 0 Å². The smallest absolute Gasteiger partial charge is 0.0471 e. The van der Waals surface area contributed by atoms with Crippen LogP contribution in [0.4, 0.5) is 0 Å². The van der Waals surface area contributed by atoms with Gasteiger partial charge in [0.25, 0.3) is 0 Å². The fraction of sp³-hybridized carbons (Fsp3) is 0.400. The Labute approximate surface area is 102 Å². The maximum absolute atomic E-state index is 8.90. The summed E-state index contributed by atoms with van der Waals surface area (Å²) in [5, 5.41) is 8.90. The second-order valence-electron chi connectivity index (χ2n) is 4.85. The lowest BCUT2D eigenvalue weighted by molar-refractivity contribution is 0.299. The number of hydrogen-bond donors (Lipinski definition) is 1. The van der Waals surface area contributed by atoms with Gasteiger partial charge in [0.2, 0.25) is 0 Å². The largest absolute Gasteiger partial charge is 0.396 e. The Kier molecular flexibility index (Phi) is 2.81. The maximum atomic E-state index is 8.90. The first-order valence-corrected chi connectivity index (χ1v) is 6.28. The second-order valence-corrected chi connectivity index (χ2v) is 4.85. The van der Waals surface area contributed by atoms with Crippen LogP contribution in [0.25, 0.3) is 5.57 Å². The zero-order chi connectivity index (χ0) is 11.7. The van der Waals surface area contributed by atoms with Gasteiger partial charge < -0.3 is 5.11 Å². The molecule has 3 rings (SSSR count). The van der Waals surface area contributed by atoms with E-state index in [1.807, 2.05) is 0 Å². The van der Waals surface area contributed by atoms with E-state index in [2.05, 4.69) is 41.5 Å². The van der Waals surface area contributed by atoms with Crippen molar-refractivity contribution in [2.24, 2.45) is 16.8 Å². The molecule has 1 heterocycles. The summed E-state index contributed by atoms with van der Waals surface area (Å²) in [4.78, 5) is 4.39.